The predicted octanol–water partition coefficient (Wildman–Crippen LogP) is -0.0993. The van der Waals surface area contributed by atoms with Gasteiger partial charge >= 0.3 is 0 Å². The smallest absolute Gasteiger partial charge is 0.137 e. The van der Waals surface area contributed by atoms with Crippen LogP contribution in [0, 0.1) is 0 Å². The van der Waals surface area contributed by atoms with Crippen molar-refractivity contribution in [1.29, 1.82) is 0 Å². The summed E-state index contributed by atoms with van der Waals surface area (Å²) in [5, 5.41) is 0. The van der Waals surface area contributed by atoms with Gasteiger partial charge in [0.25, 0.3) is 0 Å². The molecule has 0 spiro atoms. The Morgan fingerprint density at radius 2 is 2.33 bits per heavy atom. The maximum atomic E-state index is 5.96. The molecule has 12 heavy (non-hydrogen) atoms. The van der Waals surface area contributed by atoms with E-state index in [1.54, 1.807) is 0 Å². The van der Waals surface area contributed by atoms with Gasteiger partial charge in [0.05, 0.1) is 27.3 Å². The molecule has 0 bridgehead atoms. The largest absolute Gasteiger partial charge is 0.369 e. The van der Waals surface area contributed by atoms with E-state index in [1.807, 2.05) is 14.1 Å². The Morgan fingerprint density at radius 3 is 2.83 bits per heavy atom. The number of quaternary nitrogens is 1. The molecule has 1 saturated heterocycles. The number of nitrogens with two attached hydrogens (primary N) is 1. The molecule has 0 amide bonds. The molecular formula is C7H18N2O2P+. The molecule has 0 aromatic heterocycles. The molecule has 0 saturated carbocycles. The van der Waals surface area contributed by atoms with E-state index >= 15 is 0 Å². The first-order valence-corrected chi connectivity index (χ1v) is 4.58. The summed E-state index contributed by atoms with van der Waals surface area (Å²) in [6.07, 6.45) is 1.16. The minimum atomic E-state index is 0.141. The van der Waals surface area contributed by atoms with Crippen molar-refractivity contribution < 1.29 is 13.9 Å². The molecular weight excluding hydrogens is 175 g/mol. The van der Waals surface area contributed by atoms with Crippen molar-refractivity contribution in [2.75, 3.05) is 27.3 Å². The summed E-state index contributed by atoms with van der Waals surface area (Å²) >= 11 is 0. The van der Waals surface area contributed by atoms with Gasteiger partial charge in [0, 0.05) is 15.9 Å². The highest BCUT2D eigenvalue weighted by atomic mass is 31.0. The van der Waals surface area contributed by atoms with Crippen molar-refractivity contribution in [2.45, 2.75) is 18.6 Å². The third-order valence-corrected chi connectivity index (χ3v) is 2.48. The summed E-state index contributed by atoms with van der Waals surface area (Å²) in [5.41, 5.74) is 0. The van der Waals surface area contributed by atoms with Crippen molar-refractivity contribution in [3.8, 4) is 0 Å². The number of likely N-dealkylation sites (N-methyl/N-ethyl adjacent to an activating group) is 1. The van der Waals surface area contributed by atoms with Gasteiger partial charge in [-0.3, -0.25) is 0 Å². The Bertz CT molecular complexity index is 149. The Hall–Kier alpha value is 0.270. The van der Waals surface area contributed by atoms with Gasteiger partial charge in [-0.05, 0) is 0 Å². The number of rotatable bonds is 3. The molecule has 1 fully saturated rings. The average Bonchev–Trinajstić information content (AvgIpc) is 2.34. The lowest BCUT2D eigenvalue weighted by Gasteiger charge is -2.32. The lowest BCUT2D eigenvalue weighted by atomic mass is 10.1. The van der Waals surface area contributed by atoms with E-state index in [-0.39, 0.29) is 6.10 Å². The second-order valence-electron chi connectivity index (χ2n) is 3.73. The third-order valence-electron chi connectivity index (χ3n) is 2.29. The Morgan fingerprint density at radius 1 is 1.67 bits per heavy atom. The molecule has 5 heteroatoms. The van der Waals surface area contributed by atoms with Crippen LogP contribution in [0.2, 0.25) is 0 Å². The summed E-state index contributed by atoms with van der Waals surface area (Å²) in [7, 11) is 6.20. The molecule has 0 aromatic rings. The first-order valence-electron chi connectivity index (χ1n) is 4.11. The van der Waals surface area contributed by atoms with E-state index < -0.39 is 0 Å². The van der Waals surface area contributed by atoms with Crippen molar-refractivity contribution in [1.82, 2.24) is 0 Å². The first kappa shape index (κ1) is 10.4. The van der Waals surface area contributed by atoms with Crippen LogP contribution in [0.25, 0.3) is 0 Å². The SMILES string of the molecule is C[N+](C)(N)C1CCOC1COP. The van der Waals surface area contributed by atoms with E-state index in [9.17, 15) is 0 Å². The lowest BCUT2D eigenvalue weighted by Crippen LogP contribution is -2.58. The standard InChI is InChI=1S/C7H18N2O2P/c1-9(2,8)6-3-4-10-7(6)5-11-12/h6-7H,3-5,8,12H2,1-2H3/q+1. The Kier molecular flexibility index (Phi) is 3.44. The zero-order chi connectivity index (χ0) is 9.19. The summed E-state index contributed by atoms with van der Waals surface area (Å²) in [6, 6.07) is 0.352. The van der Waals surface area contributed by atoms with Gasteiger partial charge in [-0.15, -0.1) is 0 Å². The normalized spacial score (nSPS) is 31.0. The number of hydrogen-bond donors (Lipinski definition) is 1. The van der Waals surface area contributed by atoms with Crippen LogP contribution >= 0.6 is 9.47 Å². The second-order valence-corrected chi connectivity index (χ2v) is 4.06. The summed E-state index contributed by atoms with van der Waals surface area (Å²) in [5.74, 6) is 5.96. The van der Waals surface area contributed by atoms with Gasteiger partial charge < -0.3 is 9.26 Å². The van der Waals surface area contributed by atoms with E-state index in [0.29, 0.717) is 17.2 Å². The molecule has 3 atom stereocenters. The molecule has 0 aromatic carbocycles. The van der Waals surface area contributed by atoms with E-state index in [2.05, 4.69) is 9.47 Å². The second kappa shape index (κ2) is 3.99. The van der Waals surface area contributed by atoms with Crippen LogP contribution in [0.4, 0.5) is 0 Å². The topological polar surface area (TPSA) is 44.5 Å². The number of hydrogen-bond acceptors (Lipinski definition) is 3. The summed E-state index contributed by atoms with van der Waals surface area (Å²) in [4.78, 5) is 0. The van der Waals surface area contributed by atoms with E-state index in [4.69, 9.17) is 15.1 Å². The maximum Gasteiger partial charge on any atom is 0.137 e. The fourth-order valence-electron chi connectivity index (χ4n) is 1.65. The fraction of sp³-hybridized carbons (Fsp3) is 1.00. The minimum absolute atomic E-state index is 0.141. The van der Waals surface area contributed by atoms with E-state index in [1.165, 1.54) is 0 Å². The average molecular weight is 193 g/mol. The Labute approximate surface area is 75.8 Å². The number of ether oxygens (including phenoxy) is 1. The highest BCUT2D eigenvalue weighted by molar-refractivity contribution is 7.09. The zero-order valence-electron chi connectivity index (χ0n) is 7.69. The van der Waals surface area contributed by atoms with Crippen LogP contribution in [0.15, 0.2) is 0 Å². The van der Waals surface area contributed by atoms with Crippen LogP contribution in [-0.4, -0.2) is 44.0 Å². The van der Waals surface area contributed by atoms with Gasteiger partial charge in [0.1, 0.15) is 12.1 Å². The molecule has 1 aliphatic heterocycles. The first-order chi connectivity index (χ1) is 5.55. The molecule has 0 aliphatic carbocycles. The van der Waals surface area contributed by atoms with Crippen LogP contribution < -0.4 is 5.84 Å². The summed E-state index contributed by atoms with van der Waals surface area (Å²) < 4.78 is 10.9. The van der Waals surface area contributed by atoms with Crippen LogP contribution in [0.5, 0.6) is 0 Å². The molecule has 4 nitrogen and oxygen atoms in total. The Balaban J connectivity index is 2.52. The molecule has 1 rings (SSSR count). The molecule has 0 radical (unpaired) electrons. The molecule has 1 heterocycles. The molecule has 2 N–H and O–H groups in total. The van der Waals surface area contributed by atoms with E-state index in [0.717, 1.165) is 13.0 Å². The molecule has 1 aliphatic rings. The molecule has 3 unspecified atom stereocenters. The van der Waals surface area contributed by atoms with Crippen molar-refractivity contribution in [3.63, 3.8) is 0 Å². The lowest BCUT2D eigenvalue weighted by molar-refractivity contribution is -0.928. The zero-order valence-corrected chi connectivity index (χ0v) is 8.85. The van der Waals surface area contributed by atoms with Crippen molar-refractivity contribution in [2.24, 2.45) is 5.84 Å². The van der Waals surface area contributed by atoms with Crippen molar-refractivity contribution in [3.05, 3.63) is 0 Å². The minimum Gasteiger partial charge on any atom is -0.369 e. The van der Waals surface area contributed by atoms with Crippen LogP contribution in [0.3, 0.4) is 0 Å². The van der Waals surface area contributed by atoms with Crippen molar-refractivity contribution >= 4 is 9.47 Å². The van der Waals surface area contributed by atoms with Crippen LogP contribution in [-0.2, 0) is 9.26 Å². The van der Waals surface area contributed by atoms with Crippen LogP contribution in [0.1, 0.15) is 6.42 Å². The van der Waals surface area contributed by atoms with Gasteiger partial charge in [-0.2, -0.15) is 5.84 Å². The predicted molar refractivity (Wildman–Crippen MR) is 50.1 cm³/mol. The third kappa shape index (κ3) is 2.38. The van der Waals surface area contributed by atoms with Gasteiger partial charge in [-0.1, -0.05) is 0 Å². The van der Waals surface area contributed by atoms with Gasteiger partial charge in [-0.25, -0.2) is 4.59 Å². The quantitative estimate of drug-likeness (QED) is 0.294. The fourth-order valence-corrected chi connectivity index (χ4v) is 1.84. The number of nitrogens with zero attached hydrogens (tertiary/aromatic N) is 1. The van der Waals surface area contributed by atoms with Gasteiger partial charge in [0.2, 0.25) is 0 Å². The monoisotopic (exact) mass is 193 g/mol. The maximum absolute atomic E-state index is 5.96. The molecule has 72 valence electrons. The highest BCUT2D eigenvalue weighted by Crippen LogP contribution is 2.21. The highest BCUT2D eigenvalue weighted by Gasteiger charge is 2.38. The summed E-state index contributed by atoms with van der Waals surface area (Å²) in [6.45, 7) is 1.40. The van der Waals surface area contributed by atoms with Gasteiger partial charge in [0.15, 0.2) is 0 Å².